The van der Waals surface area contributed by atoms with Crippen LogP contribution in [0.15, 0.2) is 12.4 Å². The molecule has 2 heterocycles. The van der Waals surface area contributed by atoms with E-state index in [0.717, 1.165) is 6.42 Å². The van der Waals surface area contributed by atoms with Gasteiger partial charge in [0, 0.05) is 32.7 Å². The van der Waals surface area contributed by atoms with Crippen molar-refractivity contribution in [3.05, 3.63) is 34.0 Å². The number of hydrogen-bond donors (Lipinski definition) is 1. The van der Waals surface area contributed by atoms with Crippen LogP contribution in [-0.2, 0) is 4.74 Å². The first-order chi connectivity index (χ1) is 10.5. The molecular weight excluding hydrogens is 288 g/mol. The van der Waals surface area contributed by atoms with Crippen LogP contribution in [-0.4, -0.2) is 44.7 Å². The van der Waals surface area contributed by atoms with Crippen LogP contribution in [0.5, 0.6) is 0 Å². The average Bonchev–Trinajstić information content (AvgIpc) is 2.88. The highest BCUT2D eigenvalue weighted by atomic mass is 16.6. The molecule has 9 nitrogen and oxygen atoms in total. The Bertz CT molecular complexity index is 670. The third-order valence-electron chi connectivity index (χ3n) is 3.08. The van der Waals surface area contributed by atoms with Gasteiger partial charge in [-0.2, -0.15) is 4.98 Å². The maximum Gasteiger partial charge on any atom is 0.333 e. The highest BCUT2D eigenvalue weighted by Crippen LogP contribution is 2.26. The number of imidazole rings is 1. The van der Waals surface area contributed by atoms with E-state index in [1.54, 1.807) is 37.9 Å². The molecule has 0 amide bonds. The Hall–Kier alpha value is -2.55. The SMILES string of the molecule is COCCCNc1nc(C)c([N+](=O)[O-])c(-n2ccnc2C)n1. The molecule has 9 heteroatoms. The predicted octanol–water partition coefficient (Wildman–Crippen LogP) is 1.64. The van der Waals surface area contributed by atoms with E-state index < -0.39 is 4.92 Å². The zero-order chi connectivity index (χ0) is 16.1. The Morgan fingerprint density at radius 1 is 1.41 bits per heavy atom. The lowest BCUT2D eigenvalue weighted by Gasteiger charge is -2.10. The van der Waals surface area contributed by atoms with Crippen molar-refractivity contribution in [3.8, 4) is 5.82 Å². The molecule has 0 radical (unpaired) electrons. The van der Waals surface area contributed by atoms with Crippen LogP contribution in [0, 0.1) is 24.0 Å². The normalized spacial score (nSPS) is 10.7. The standard InChI is InChI=1S/C13H18N6O3/c1-9-11(19(20)21)12(18-7-6-14-10(18)2)17-13(16-9)15-5-4-8-22-3/h6-7H,4-5,8H2,1-3H3,(H,15,16,17). The predicted molar refractivity (Wildman–Crippen MR) is 80.3 cm³/mol. The molecule has 0 fully saturated rings. The fourth-order valence-corrected chi connectivity index (χ4v) is 2.03. The van der Waals surface area contributed by atoms with Gasteiger partial charge in [-0.15, -0.1) is 0 Å². The number of rotatable bonds is 7. The maximum absolute atomic E-state index is 11.3. The number of anilines is 1. The van der Waals surface area contributed by atoms with Crippen molar-refractivity contribution in [2.24, 2.45) is 0 Å². The summed E-state index contributed by atoms with van der Waals surface area (Å²) in [5, 5.41) is 14.4. The van der Waals surface area contributed by atoms with E-state index in [2.05, 4.69) is 20.3 Å². The first-order valence-electron chi connectivity index (χ1n) is 6.80. The summed E-state index contributed by atoms with van der Waals surface area (Å²) in [5.74, 6) is 1.18. The number of ether oxygens (including phenoxy) is 1. The summed E-state index contributed by atoms with van der Waals surface area (Å²) >= 11 is 0. The van der Waals surface area contributed by atoms with E-state index in [1.807, 2.05) is 0 Å². The van der Waals surface area contributed by atoms with Gasteiger partial charge in [-0.1, -0.05) is 0 Å². The molecule has 0 aliphatic carbocycles. The van der Waals surface area contributed by atoms with Crippen LogP contribution in [0.25, 0.3) is 5.82 Å². The Labute approximate surface area is 127 Å². The summed E-state index contributed by atoms with van der Waals surface area (Å²) in [7, 11) is 1.63. The fraction of sp³-hybridized carbons (Fsp3) is 0.462. The molecule has 0 bridgehead atoms. The van der Waals surface area contributed by atoms with Crippen LogP contribution >= 0.6 is 0 Å². The van der Waals surface area contributed by atoms with Crippen LogP contribution in [0.3, 0.4) is 0 Å². The van der Waals surface area contributed by atoms with Gasteiger partial charge >= 0.3 is 5.69 Å². The molecule has 0 atom stereocenters. The molecule has 2 rings (SSSR count). The third kappa shape index (κ3) is 3.37. The lowest BCUT2D eigenvalue weighted by Crippen LogP contribution is -2.13. The smallest absolute Gasteiger partial charge is 0.333 e. The summed E-state index contributed by atoms with van der Waals surface area (Å²) in [4.78, 5) is 23.4. The molecule has 0 saturated heterocycles. The van der Waals surface area contributed by atoms with Crippen molar-refractivity contribution in [3.63, 3.8) is 0 Å². The highest BCUT2D eigenvalue weighted by Gasteiger charge is 2.24. The van der Waals surface area contributed by atoms with E-state index >= 15 is 0 Å². The van der Waals surface area contributed by atoms with Crippen molar-refractivity contribution in [2.75, 3.05) is 25.6 Å². The zero-order valence-electron chi connectivity index (χ0n) is 12.7. The molecule has 118 valence electrons. The van der Waals surface area contributed by atoms with Crippen LogP contribution in [0.1, 0.15) is 17.9 Å². The van der Waals surface area contributed by atoms with E-state index in [4.69, 9.17) is 4.74 Å². The number of nitrogens with zero attached hydrogens (tertiary/aromatic N) is 5. The second-order valence-corrected chi connectivity index (χ2v) is 4.68. The number of aromatic nitrogens is 4. The molecule has 0 aromatic carbocycles. The molecule has 22 heavy (non-hydrogen) atoms. The van der Waals surface area contributed by atoms with Gasteiger partial charge in [0.15, 0.2) is 0 Å². The minimum Gasteiger partial charge on any atom is -0.385 e. The first-order valence-corrected chi connectivity index (χ1v) is 6.80. The van der Waals surface area contributed by atoms with Crippen molar-refractivity contribution in [1.29, 1.82) is 0 Å². The van der Waals surface area contributed by atoms with Gasteiger partial charge < -0.3 is 10.1 Å². The summed E-state index contributed by atoms with van der Waals surface area (Å²) in [5.41, 5.74) is 0.181. The number of methoxy groups -OCH3 is 1. The minimum atomic E-state index is -0.473. The molecule has 0 saturated carbocycles. The first kappa shape index (κ1) is 15.8. The molecule has 0 aliphatic heterocycles. The second kappa shape index (κ2) is 6.94. The number of hydrogen-bond acceptors (Lipinski definition) is 7. The molecule has 2 aromatic heterocycles. The van der Waals surface area contributed by atoms with Crippen LogP contribution in [0.2, 0.25) is 0 Å². The van der Waals surface area contributed by atoms with Gasteiger partial charge in [0.2, 0.25) is 11.8 Å². The number of nitro groups is 1. The average molecular weight is 306 g/mol. The Morgan fingerprint density at radius 3 is 2.77 bits per heavy atom. The number of nitrogens with one attached hydrogen (secondary N) is 1. The Kier molecular flexibility index (Phi) is 4.99. The minimum absolute atomic E-state index is 0.122. The summed E-state index contributed by atoms with van der Waals surface area (Å²) < 4.78 is 6.55. The van der Waals surface area contributed by atoms with E-state index in [9.17, 15) is 10.1 Å². The largest absolute Gasteiger partial charge is 0.385 e. The third-order valence-corrected chi connectivity index (χ3v) is 3.08. The highest BCUT2D eigenvalue weighted by molar-refractivity contribution is 5.54. The topological polar surface area (TPSA) is 108 Å². The Morgan fingerprint density at radius 2 is 2.18 bits per heavy atom. The molecular formula is C13H18N6O3. The zero-order valence-corrected chi connectivity index (χ0v) is 12.7. The van der Waals surface area contributed by atoms with Gasteiger partial charge in [0.1, 0.15) is 11.5 Å². The molecule has 0 aliphatic rings. The van der Waals surface area contributed by atoms with Gasteiger partial charge in [0.05, 0.1) is 4.92 Å². The monoisotopic (exact) mass is 306 g/mol. The van der Waals surface area contributed by atoms with Gasteiger partial charge in [-0.25, -0.2) is 9.97 Å². The molecule has 0 spiro atoms. The van der Waals surface area contributed by atoms with Crippen molar-refractivity contribution in [2.45, 2.75) is 20.3 Å². The van der Waals surface area contributed by atoms with E-state index in [0.29, 0.717) is 30.6 Å². The van der Waals surface area contributed by atoms with E-state index in [1.165, 1.54) is 0 Å². The maximum atomic E-state index is 11.3. The van der Waals surface area contributed by atoms with Gasteiger partial charge in [-0.05, 0) is 20.3 Å². The van der Waals surface area contributed by atoms with Crippen molar-refractivity contribution < 1.29 is 9.66 Å². The molecule has 2 aromatic rings. The quantitative estimate of drug-likeness (QED) is 0.470. The van der Waals surface area contributed by atoms with Gasteiger partial charge in [-0.3, -0.25) is 14.7 Å². The number of aryl methyl sites for hydroxylation is 2. The second-order valence-electron chi connectivity index (χ2n) is 4.68. The fourth-order valence-electron chi connectivity index (χ4n) is 2.03. The summed E-state index contributed by atoms with van der Waals surface area (Å²) in [6.45, 7) is 4.59. The van der Waals surface area contributed by atoms with E-state index in [-0.39, 0.29) is 11.5 Å². The van der Waals surface area contributed by atoms with Crippen molar-refractivity contribution in [1.82, 2.24) is 19.5 Å². The van der Waals surface area contributed by atoms with Crippen LogP contribution in [0.4, 0.5) is 11.6 Å². The lowest BCUT2D eigenvalue weighted by atomic mass is 10.3. The summed E-state index contributed by atoms with van der Waals surface area (Å²) in [6.07, 6.45) is 4.00. The lowest BCUT2D eigenvalue weighted by molar-refractivity contribution is -0.385. The van der Waals surface area contributed by atoms with Gasteiger partial charge in [0.25, 0.3) is 0 Å². The molecule has 0 unspecified atom stereocenters. The Balaban J connectivity index is 2.38. The van der Waals surface area contributed by atoms with Crippen molar-refractivity contribution >= 4 is 11.6 Å². The molecule has 1 N–H and O–H groups in total. The summed E-state index contributed by atoms with van der Waals surface area (Å²) in [6, 6.07) is 0. The van der Waals surface area contributed by atoms with Crippen LogP contribution < -0.4 is 5.32 Å².